The average Bonchev–Trinajstić information content (AvgIpc) is 2.89. The molecule has 7 nitrogen and oxygen atoms in total. The number of carbonyl (C=O) groups is 1. The lowest BCUT2D eigenvalue weighted by molar-refractivity contribution is -0.138. The summed E-state index contributed by atoms with van der Waals surface area (Å²) in [5.41, 5.74) is 8.86. The fourth-order valence-electron chi connectivity index (χ4n) is 4.84. The normalized spacial score (nSPS) is 18.4. The molecule has 4 rings (SSSR count). The summed E-state index contributed by atoms with van der Waals surface area (Å²) in [4.78, 5) is 30.3. The third-order valence-electron chi connectivity index (χ3n) is 6.64. The van der Waals surface area contributed by atoms with Crippen molar-refractivity contribution in [3.05, 3.63) is 52.8 Å². The molecule has 2 aliphatic heterocycles. The number of nitrogens with two attached hydrogens (primary N) is 1. The molecule has 1 aromatic heterocycles. The molecule has 0 saturated carbocycles. The van der Waals surface area contributed by atoms with Crippen LogP contribution in [0, 0.1) is 11.8 Å². The number of likely N-dealkylation sites (tertiary alicyclic amines) is 2. The molecule has 0 unspecified atom stereocenters. The minimum Gasteiger partial charge on any atom is -0.368 e. The highest BCUT2D eigenvalue weighted by Crippen LogP contribution is 2.27. The van der Waals surface area contributed by atoms with Crippen molar-refractivity contribution in [1.82, 2.24) is 19.8 Å². The number of nitrogens with zero attached hydrogens (tertiary/aromatic N) is 5. The summed E-state index contributed by atoms with van der Waals surface area (Å²) in [6, 6.07) is 7.89. The number of hydrogen-bond donors (Lipinski definition) is 1. The maximum atomic E-state index is 13.1. The molecule has 34 heavy (non-hydrogen) atoms. The zero-order valence-electron chi connectivity index (χ0n) is 20.6. The number of aliphatic imine (C=N–C) groups is 1. The van der Waals surface area contributed by atoms with Crippen molar-refractivity contribution in [2.75, 3.05) is 39.0 Å². The van der Waals surface area contributed by atoms with Crippen LogP contribution in [-0.4, -0.2) is 64.6 Å². The van der Waals surface area contributed by atoms with E-state index in [1.165, 1.54) is 0 Å². The van der Waals surface area contributed by atoms with Crippen LogP contribution < -0.4 is 5.73 Å². The van der Waals surface area contributed by atoms with Gasteiger partial charge in [0.05, 0.1) is 0 Å². The van der Waals surface area contributed by atoms with Gasteiger partial charge in [0.15, 0.2) is 0 Å². The number of carbonyl (C=O) groups excluding carboxylic acids is 1. The van der Waals surface area contributed by atoms with Gasteiger partial charge < -0.3 is 10.6 Å². The van der Waals surface area contributed by atoms with E-state index in [-0.39, 0.29) is 5.92 Å². The number of aromatic nitrogens is 2. The number of halogens is 1. The first-order valence-corrected chi connectivity index (χ1v) is 12.7. The van der Waals surface area contributed by atoms with Gasteiger partial charge >= 0.3 is 0 Å². The molecule has 2 aromatic rings. The second-order valence-corrected chi connectivity index (χ2v) is 9.15. The van der Waals surface area contributed by atoms with E-state index in [9.17, 15) is 4.79 Å². The smallest absolute Gasteiger partial charge is 0.225 e. The van der Waals surface area contributed by atoms with Crippen LogP contribution in [0.15, 0.2) is 41.7 Å². The zero-order valence-corrected chi connectivity index (χ0v) is 21.3. The molecule has 0 spiro atoms. The summed E-state index contributed by atoms with van der Waals surface area (Å²) in [5.74, 6) is 1.13. The Morgan fingerprint density at radius 3 is 2.12 bits per heavy atom. The molecular weight excluding hydrogens is 448 g/mol. The predicted octanol–water partition coefficient (Wildman–Crippen LogP) is 4.31. The molecule has 2 saturated heterocycles. The van der Waals surface area contributed by atoms with Crippen LogP contribution in [0.2, 0.25) is 5.02 Å². The quantitative estimate of drug-likeness (QED) is 0.639. The van der Waals surface area contributed by atoms with Crippen molar-refractivity contribution in [3.63, 3.8) is 0 Å². The molecule has 0 atom stereocenters. The van der Waals surface area contributed by atoms with E-state index in [1.54, 1.807) is 12.4 Å². The van der Waals surface area contributed by atoms with E-state index in [0.717, 1.165) is 80.3 Å². The summed E-state index contributed by atoms with van der Waals surface area (Å²) < 4.78 is 0. The summed E-state index contributed by atoms with van der Waals surface area (Å²) in [7, 11) is 1.85. The second kappa shape index (κ2) is 12.8. The number of amides is 1. The minimum atomic E-state index is 0.126. The highest BCUT2D eigenvalue weighted by atomic mass is 35.5. The maximum absolute atomic E-state index is 13.1. The molecule has 3 heterocycles. The summed E-state index contributed by atoms with van der Waals surface area (Å²) in [6.07, 6.45) is 7.28. The molecule has 1 amide bonds. The van der Waals surface area contributed by atoms with Crippen molar-refractivity contribution in [3.8, 4) is 0 Å². The molecule has 2 aliphatic rings. The van der Waals surface area contributed by atoms with Gasteiger partial charge in [-0.3, -0.25) is 14.7 Å². The first-order valence-electron chi connectivity index (χ1n) is 12.3. The van der Waals surface area contributed by atoms with Crippen LogP contribution >= 0.6 is 11.6 Å². The van der Waals surface area contributed by atoms with Crippen LogP contribution in [-0.2, 0) is 11.3 Å². The van der Waals surface area contributed by atoms with Crippen LogP contribution in [0.3, 0.4) is 0 Å². The summed E-state index contributed by atoms with van der Waals surface area (Å²) in [5, 5.41) is 0.734. The van der Waals surface area contributed by atoms with Gasteiger partial charge in [0.1, 0.15) is 0 Å². The van der Waals surface area contributed by atoms with Crippen molar-refractivity contribution < 1.29 is 4.79 Å². The van der Waals surface area contributed by atoms with Crippen LogP contribution in [0.25, 0.3) is 0 Å². The highest BCUT2D eigenvalue weighted by molar-refractivity contribution is 6.30. The van der Waals surface area contributed by atoms with Crippen LogP contribution in [0.4, 0.5) is 5.95 Å². The molecule has 1 aromatic carbocycles. The van der Waals surface area contributed by atoms with Crippen molar-refractivity contribution >= 4 is 29.2 Å². The van der Waals surface area contributed by atoms with Gasteiger partial charge in [0.25, 0.3) is 0 Å². The Balaban J connectivity index is 0.00000158. The first-order chi connectivity index (χ1) is 16.5. The number of benzene rings is 1. The topological polar surface area (TPSA) is 87.7 Å². The van der Waals surface area contributed by atoms with Crippen LogP contribution in [0.1, 0.15) is 50.7 Å². The Hall–Kier alpha value is -2.51. The Morgan fingerprint density at radius 1 is 1.00 bits per heavy atom. The van der Waals surface area contributed by atoms with E-state index in [0.29, 0.717) is 17.8 Å². The van der Waals surface area contributed by atoms with Crippen molar-refractivity contribution in [1.29, 1.82) is 0 Å². The number of hydrogen-bond acceptors (Lipinski definition) is 6. The molecule has 2 N–H and O–H groups in total. The first kappa shape index (κ1) is 26.1. The number of piperidine rings is 2. The Labute approximate surface area is 208 Å². The SMILES string of the molecule is CC.CN=C(c1ccc(Cl)cc1)C1CCN(C(=O)C2CCN(Cc3cnc(N)nc3)CC2)CC1. The Kier molecular flexibility index (Phi) is 9.84. The van der Waals surface area contributed by atoms with Gasteiger partial charge in [-0.2, -0.15) is 0 Å². The lowest BCUT2D eigenvalue weighted by atomic mass is 9.87. The molecule has 184 valence electrons. The zero-order chi connectivity index (χ0) is 24.5. The van der Waals surface area contributed by atoms with Crippen molar-refractivity contribution in [2.24, 2.45) is 16.8 Å². The van der Waals surface area contributed by atoms with Gasteiger partial charge in [0.2, 0.25) is 11.9 Å². The van der Waals surface area contributed by atoms with Crippen molar-refractivity contribution in [2.45, 2.75) is 46.1 Å². The van der Waals surface area contributed by atoms with E-state index in [4.69, 9.17) is 17.3 Å². The maximum Gasteiger partial charge on any atom is 0.225 e. The molecule has 0 aliphatic carbocycles. The van der Waals surface area contributed by atoms with Gasteiger partial charge in [-0.25, -0.2) is 9.97 Å². The Bertz CT molecular complexity index is 931. The fraction of sp³-hybridized carbons (Fsp3) is 0.538. The third kappa shape index (κ3) is 6.76. The van der Waals surface area contributed by atoms with E-state index < -0.39 is 0 Å². The minimum absolute atomic E-state index is 0.126. The van der Waals surface area contributed by atoms with Gasteiger partial charge in [-0.15, -0.1) is 0 Å². The van der Waals surface area contributed by atoms with E-state index in [1.807, 2.05) is 45.2 Å². The number of rotatable bonds is 5. The van der Waals surface area contributed by atoms with Gasteiger partial charge in [-0.05, 0) is 56.5 Å². The average molecular weight is 485 g/mol. The standard InChI is InChI=1S/C24H31ClN6O.C2H6/c1-27-22(18-2-4-21(25)5-3-18)19-8-12-31(13-9-19)23(32)20-6-10-30(11-7-20)16-17-14-28-24(26)29-15-17;1-2/h2-5,14-15,19-20H,6-13,16H2,1H3,(H2,26,28,29);1-2H3. The number of nitrogen functional groups attached to an aromatic ring is 1. The highest BCUT2D eigenvalue weighted by Gasteiger charge is 2.32. The lowest BCUT2D eigenvalue weighted by Gasteiger charge is -2.37. The molecule has 2 fully saturated rings. The largest absolute Gasteiger partial charge is 0.368 e. The second-order valence-electron chi connectivity index (χ2n) is 8.72. The van der Waals surface area contributed by atoms with Gasteiger partial charge in [0, 0.05) is 67.2 Å². The van der Waals surface area contributed by atoms with E-state index >= 15 is 0 Å². The molecule has 0 radical (unpaired) electrons. The van der Waals surface area contributed by atoms with Gasteiger partial charge in [-0.1, -0.05) is 37.6 Å². The summed E-state index contributed by atoms with van der Waals surface area (Å²) >= 11 is 6.03. The van der Waals surface area contributed by atoms with Crippen LogP contribution in [0.5, 0.6) is 0 Å². The Morgan fingerprint density at radius 2 is 1.56 bits per heavy atom. The lowest BCUT2D eigenvalue weighted by Crippen LogP contribution is -2.46. The molecule has 0 bridgehead atoms. The monoisotopic (exact) mass is 484 g/mol. The predicted molar refractivity (Wildman–Crippen MR) is 139 cm³/mol. The molecule has 8 heteroatoms. The fourth-order valence-corrected chi connectivity index (χ4v) is 4.97. The van der Waals surface area contributed by atoms with E-state index in [2.05, 4.69) is 24.8 Å². The number of anilines is 1. The summed E-state index contributed by atoms with van der Waals surface area (Å²) in [6.45, 7) is 8.25. The molecular formula is C26H37ClN6O. The third-order valence-corrected chi connectivity index (χ3v) is 6.89.